The van der Waals surface area contributed by atoms with E-state index >= 15 is 0 Å². The lowest BCUT2D eigenvalue weighted by molar-refractivity contribution is -0.233. The molecule has 3 aliphatic rings. The zero-order chi connectivity index (χ0) is 21.0. The Bertz CT molecular complexity index is 1100. The number of aromatic nitrogens is 4. The summed E-state index contributed by atoms with van der Waals surface area (Å²) in [5.41, 5.74) is 4.89. The molecule has 0 amide bonds. The first-order chi connectivity index (χ1) is 14.5. The number of rotatable bonds is 4. The molecule has 0 bridgehead atoms. The molecule has 4 N–H and O–H groups in total. The first kappa shape index (κ1) is 19.5. The Morgan fingerprint density at radius 3 is 2.70 bits per heavy atom. The molecule has 0 unspecified atom stereocenters. The zero-order valence-corrected chi connectivity index (χ0v) is 16.5. The average Bonchev–Trinajstić information content (AvgIpc) is 3.31. The lowest BCUT2D eigenvalue weighted by Crippen LogP contribution is -2.38. The number of H-pyrrole nitrogens is 1. The van der Waals surface area contributed by atoms with Crippen LogP contribution < -0.4 is 17.0 Å². The van der Waals surface area contributed by atoms with Crippen molar-refractivity contribution >= 4 is 17.1 Å². The van der Waals surface area contributed by atoms with E-state index in [0.717, 1.165) is 32.1 Å². The zero-order valence-electron chi connectivity index (χ0n) is 16.5. The number of aromatic amines is 1. The number of aliphatic hydroxyl groups is 1. The molecule has 5 rings (SSSR count). The van der Waals surface area contributed by atoms with Gasteiger partial charge in [0.1, 0.15) is 18.3 Å². The molecule has 11 heteroatoms. The maximum atomic E-state index is 13.3. The van der Waals surface area contributed by atoms with E-state index in [1.54, 1.807) is 0 Å². The fraction of sp³-hybridized carbons (Fsp3) is 0.632. The maximum absolute atomic E-state index is 13.3. The van der Waals surface area contributed by atoms with Crippen LogP contribution in [0.15, 0.2) is 22.2 Å². The summed E-state index contributed by atoms with van der Waals surface area (Å²) in [5, 5.41) is 9.87. The van der Waals surface area contributed by atoms with Crippen LogP contribution in [0.25, 0.3) is 11.2 Å². The molecule has 0 aromatic carbocycles. The third kappa shape index (κ3) is 2.77. The Hall–Kier alpha value is -2.47. The quantitative estimate of drug-likeness (QED) is 0.586. The lowest BCUT2D eigenvalue weighted by Gasteiger charge is -2.34. The summed E-state index contributed by atoms with van der Waals surface area (Å²) in [6.07, 6.45) is 3.39. The lowest BCUT2D eigenvalue weighted by atomic mass is 9.94. The van der Waals surface area contributed by atoms with Crippen molar-refractivity contribution in [2.24, 2.45) is 0 Å². The van der Waals surface area contributed by atoms with Crippen LogP contribution >= 0.6 is 0 Å². The highest BCUT2D eigenvalue weighted by molar-refractivity contribution is 5.72. The molecule has 1 saturated carbocycles. The Balaban J connectivity index is 1.65. The molecular formula is C19H25N5O6. The second-order valence-corrected chi connectivity index (χ2v) is 8.06. The van der Waals surface area contributed by atoms with Crippen molar-refractivity contribution in [3.05, 3.63) is 33.5 Å². The van der Waals surface area contributed by atoms with E-state index in [4.69, 9.17) is 19.9 Å². The van der Waals surface area contributed by atoms with Gasteiger partial charge in [0.15, 0.2) is 23.2 Å². The van der Waals surface area contributed by atoms with Gasteiger partial charge in [0, 0.05) is 19.4 Å². The number of ether oxygens (including phenoxy) is 3. The van der Waals surface area contributed by atoms with Crippen molar-refractivity contribution in [2.45, 2.75) is 69.0 Å². The Kier molecular flexibility index (Phi) is 4.58. The first-order valence-corrected chi connectivity index (χ1v) is 10.2. The van der Waals surface area contributed by atoms with Crippen LogP contribution in [-0.4, -0.2) is 54.9 Å². The number of hydrogen-bond donors (Lipinski definition) is 3. The minimum atomic E-state index is -0.914. The van der Waals surface area contributed by atoms with E-state index in [-0.39, 0.29) is 30.3 Å². The predicted octanol–water partition coefficient (Wildman–Crippen LogP) is -0.0114. The Morgan fingerprint density at radius 1 is 1.27 bits per heavy atom. The van der Waals surface area contributed by atoms with E-state index in [1.165, 1.54) is 15.2 Å². The summed E-state index contributed by atoms with van der Waals surface area (Å²) in [7, 11) is 0. The molecule has 2 aromatic heterocycles. The number of nitrogen functional groups attached to an aromatic ring is 1. The minimum absolute atomic E-state index is 0.0768. The number of fused-ring (bicyclic) bond motifs is 2. The number of nitrogens with two attached hydrogens (primary N) is 1. The highest BCUT2D eigenvalue weighted by Gasteiger charge is 2.59. The van der Waals surface area contributed by atoms with Gasteiger partial charge in [0.25, 0.3) is 5.56 Å². The van der Waals surface area contributed by atoms with Gasteiger partial charge in [0.05, 0.1) is 6.61 Å². The molecule has 4 atom stereocenters. The predicted molar refractivity (Wildman–Crippen MR) is 106 cm³/mol. The number of allylic oxidation sites excluding steroid dienone is 1. The minimum Gasteiger partial charge on any atom is -0.394 e. The standard InChI is InChI=1S/C19H25N5O6/c1-2-8-23-11-14(21-17(20)22-15(11)26)24(18(23)27)16-13-12(10(9-25)28-16)29-19(30-13)6-4-3-5-7-19/h2,10,12-13,16,25H,1,3-9H2,(H3,20,21,22,26)/t10-,12-,13-,16-/m1/s1. The van der Waals surface area contributed by atoms with Crippen molar-refractivity contribution in [1.82, 2.24) is 19.1 Å². The number of nitrogens with one attached hydrogen (secondary N) is 1. The summed E-state index contributed by atoms with van der Waals surface area (Å²) in [6, 6.07) is 0. The Morgan fingerprint density at radius 2 is 2.00 bits per heavy atom. The van der Waals surface area contributed by atoms with Gasteiger partial charge >= 0.3 is 5.69 Å². The van der Waals surface area contributed by atoms with Crippen LogP contribution in [0.2, 0.25) is 0 Å². The van der Waals surface area contributed by atoms with Crippen LogP contribution in [0.5, 0.6) is 0 Å². The van der Waals surface area contributed by atoms with E-state index in [1.807, 2.05) is 0 Å². The SMILES string of the molecule is C=CCn1c(=O)n([C@@H]2O[C@H](CO)[C@H]3OC4(CCCCC4)O[C@H]32)c2nc(N)[nH]c(=O)c21. The van der Waals surface area contributed by atoms with E-state index in [9.17, 15) is 14.7 Å². The summed E-state index contributed by atoms with van der Waals surface area (Å²) in [6.45, 7) is 3.49. The molecule has 2 saturated heterocycles. The van der Waals surface area contributed by atoms with Gasteiger partial charge in [-0.2, -0.15) is 4.98 Å². The second-order valence-electron chi connectivity index (χ2n) is 8.06. The molecule has 11 nitrogen and oxygen atoms in total. The number of imidazole rings is 1. The molecule has 162 valence electrons. The van der Waals surface area contributed by atoms with Crippen LogP contribution in [0.1, 0.15) is 38.3 Å². The van der Waals surface area contributed by atoms with Gasteiger partial charge < -0.3 is 25.1 Å². The van der Waals surface area contributed by atoms with Crippen molar-refractivity contribution in [3.63, 3.8) is 0 Å². The molecule has 3 fully saturated rings. The van der Waals surface area contributed by atoms with Gasteiger partial charge in [-0.3, -0.25) is 14.3 Å². The molecule has 30 heavy (non-hydrogen) atoms. The van der Waals surface area contributed by atoms with Crippen molar-refractivity contribution in [1.29, 1.82) is 0 Å². The topological polar surface area (TPSA) is 147 Å². The fourth-order valence-electron chi connectivity index (χ4n) is 4.91. The third-order valence-corrected chi connectivity index (χ3v) is 6.18. The van der Waals surface area contributed by atoms with Crippen molar-refractivity contribution in [3.8, 4) is 0 Å². The monoisotopic (exact) mass is 419 g/mol. The number of hydrogen-bond acceptors (Lipinski definition) is 8. The molecule has 4 heterocycles. The van der Waals surface area contributed by atoms with Crippen LogP contribution in [0.3, 0.4) is 0 Å². The second kappa shape index (κ2) is 7.05. The van der Waals surface area contributed by atoms with Gasteiger partial charge in [-0.15, -0.1) is 6.58 Å². The maximum Gasteiger partial charge on any atom is 0.333 e. The van der Waals surface area contributed by atoms with Crippen molar-refractivity contribution < 1.29 is 19.3 Å². The highest BCUT2D eigenvalue weighted by atomic mass is 16.8. The van der Waals surface area contributed by atoms with Crippen LogP contribution in [-0.2, 0) is 20.8 Å². The van der Waals surface area contributed by atoms with Crippen LogP contribution in [0, 0.1) is 0 Å². The highest BCUT2D eigenvalue weighted by Crippen LogP contribution is 2.48. The Labute approximate surface area is 171 Å². The molecular weight excluding hydrogens is 394 g/mol. The summed E-state index contributed by atoms with van der Waals surface area (Å²) < 4.78 is 21.2. The molecule has 2 aromatic rings. The molecule has 1 aliphatic carbocycles. The van der Waals surface area contributed by atoms with Gasteiger partial charge in [-0.1, -0.05) is 12.5 Å². The number of anilines is 1. The smallest absolute Gasteiger partial charge is 0.333 e. The normalized spacial score (nSPS) is 30.2. The van der Waals surface area contributed by atoms with Gasteiger partial charge in [0.2, 0.25) is 5.95 Å². The molecule has 1 spiro atoms. The summed E-state index contributed by atoms with van der Waals surface area (Å²) in [4.78, 5) is 32.5. The van der Waals surface area contributed by atoms with E-state index < -0.39 is 41.6 Å². The fourth-order valence-corrected chi connectivity index (χ4v) is 4.91. The number of nitrogens with zero attached hydrogens (tertiary/aromatic N) is 3. The number of aliphatic hydroxyl groups excluding tert-OH is 1. The van der Waals surface area contributed by atoms with E-state index in [0.29, 0.717) is 0 Å². The molecule has 2 aliphatic heterocycles. The third-order valence-electron chi connectivity index (χ3n) is 6.18. The largest absolute Gasteiger partial charge is 0.394 e. The molecule has 0 radical (unpaired) electrons. The van der Waals surface area contributed by atoms with Gasteiger partial charge in [-0.05, 0) is 12.8 Å². The average molecular weight is 419 g/mol. The summed E-state index contributed by atoms with van der Waals surface area (Å²) in [5.74, 6) is -0.839. The first-order valence-electron chi connectivity index (χ1n) is 10.2. The van der Waals surface area contributed by atoms with Gasteiger partial charge in [-0.25, -0.2) is 9.36 Å². The van der Waals surface area contributed by atoms with Crippen LogP contribution in [0.4, 0.5) is 5.95 Å². The summed E-state index contributed by atoms with van der Waals surface area (Å²) >= 11 is 0. The van der Waals surface area contributed by atoms with Crippen molar-refractivity contribution in [2.75, 3.05) is 12.3 Å². The van der Waals surface area contributed by atoms with E-state index in [2.05, 4.69) is 16.5 Å².